The number of anilines is 1. The first-order chi connectivity index (χ1) is 17.0. The molecule has 188 valence electrons. The largest absolute Gasteiger partial charge is 0.495 e. The van der Waals surface area contributed by atoms with E-state index in [1.807, 2.05) is 19.1 Å². The van der Waals surface area contributed by atoms with Gasteiger partial charge in [0.25, 0.3) is 5.91 Å². The Kier molecular flexibility index (Phi) is 9.66. The average molecular weight is 485 g/mol. The highest BCUT2D eigenvalue weighted by Crippen LogP contribution is 2.23. The fourth-order valence-electron chi connectivity index (χ4n) is 3.87. The van der Waals surface area contributed by atoms with Crippen LogP contribution in [-0.4, -0.2) is 44.2 Å². The monoisotopic (exact) mass is 484 g/mol. The Morgan fingerprint density at radius 2 is 2.03 bits per heavy atom. The van der Waals surface area contributed by atoms with E-state index in [-0.39, 0.29) is 29.8 Å². The van der Waals surface area contributed by atoms with Crippen molar-refractivity contribution in [1.29, 1.82) is 0 Å². The summed E-state index contributed by atoms with van der Waals surface area (Å²) in [6.07, 6.45) is 2.91. The molecule has 9 heteroatoms. The summed E-state index contributed by atoms with van der Waals surface area (Å²) in [5, 5.41) is 2.77. The van der Waals surface area contributed by atoms with Gasteiger partial charge >= 0.3 is 0 Å². The van der Waals surface area contributed by atoms with E-state index in [0.29, 0.717) is 24.5 Å². The van der Waals surface area contributed by atoms with Crippen molar-refractivity contribution in [2.24, 2.45) is 5.73 Å². The highest BCUT2D eigenvalue weighted by atomic mass is 19.1. The van der Waals surface area contributed by atoms with Gasteiger partial charge in [0.1, 0.15) is 18.2 Å². The number of ether oxygens (including phenoxy) is 2. The summed E-state index contributed by atoms with van der Waals surface area (Å²) in [5.41, 5.74) is 11.6. The predicted octanol–water partition coefficient (Wildman–Crippen LogP) is 3.21. The van der Waals surface area contributed by atoms with Gasteiger partial charge in [-0.3, -0.25) is 20.0 Å². The molecule has 0 radical (unpaired) electrons. The van der Waals surface area contributed by atoms with Crippen LogP contribution in [0.4, 0.5) is 10.1 Å². The van der Waals surface area contributed by atoms with Crippen molar-refractivity contribution >= 4 is 11.6 Å². The SMILES string of the molecule is COCc1ccccc1CN1CCO/C(=C/C(=CN)C(=O)NCc2ccc(NOC)c(F)c2)C1C. The number of rotatable bonds is 10. The molecule has 2 aromatic carbocycles. The molecule has 1 saturated heterocycles. The van der Waals surface area contributed by atoms with Crippen LogP contribution in [0.2, 0.25) is 0 Å². The van der Waals surface area contributed by atoms with Crippen molar-refractivity contribution in [2.75, 3.05) is 32.9 Å². The number of hydrogen-bond donors (Lipinski definition) is 3. The molecule has 2 aromatic rings. The molecular formula is C26H33FN4O4. The molecule has 0 spiro atoms. The summed E-state index contributed by atoms with van der Waals surface area (Å²) in [6, 6.07) is 12.7. The molecule has 1 aliphatic rings. The third-order valence-corrected chi connectivity index (χ3v) is 5.84. The van der Waals surface area contributed by atoms with Gasteiger partial charge in [0.15, 0.2) is 0 Å². The zero-order valence-electron chi connectivity index (χ0n) is 20.3. The van der Waals surface area contributed by atoms with Crippen LogP contribution in [0.1, 0.15) is 23.6 Å². The number of benzene rings is 2. The lowest BCUT2D eigenvalue weighted by atomic mass is 10.0. The number of nitrogens with zero attached hydrogens (tertiary/aromatic N) is 1. The topological polar surface area (TPSA) is 98.1 Å². The van der Waals surface area contributed by atoms with Gasteiger partial charge in [-0.2, -0.15) is 0 Å². The summed E-state index contributed by atoms with van der Waals surface area (Å²) in [5.74, 6) is -0.196. The van der Waals surface area contributed by atoms with Crippen LogP contribution in [0.15, 0.2) is 66.1 Å². The number of methoxy groups -OCH3 is 1. The summed E-state index contributed by atoms with van der Waals surface area (Å²) in [7, 11) is 3.09. The summed E-state index contributed by atoms with van der Waals surface area (Å²) in [4.78, 5) is 19.8. The Balaban J connectivity index is 1.65. The van der Waals surface area contributed by atoms with Crippen LogP contribution in [0.3, 0.4) is 0 Å². The van der Waals surface area contributed by atoms with Gasteiger partial charge in [0, 0.05) is 32.9 Å². The Hall–Kier alpha value is -3.40. The van der Waals surface area contributed by atoms with Gasteiger partial charge in [-0.1, -0.05) is 30.3 Å². The number of morpholine rings is 1. The molecule has 1 unspecified atom stereocenters. The van der Waals surface area contributed by atoms with E-state index in [9.17, 15) is 9.18 Å². The molecular weight excluding hydrogens is 451 g/mol. The first-order valence-electron chi connectivity index (χ1n) is 11.4. The van der Waals surface area contributed by atoms with Gasteiger partial charge in [-0.15, -0.1) is 0 Å². The summed E-state index contributed by atoms with van der Waals surface area (Å²) < 4.78 is 25.3. The van der Waals surface area contributed by atoms with E-state index in [1.165, 1.54) is 24.9 Å². The van der Waals surface area contributed by atoms with Crippen LogP contribution in [0.5, 0.6) is 0 Å². The van der Waals surface area contributed by atoms with Gasteiger partial charge in [-0.05, 0) is 41.8 Å². The van der Waals surface area contributed by atoms with Crippen molar-refractivity contribution in [3.8, 4) is 0 Å². The molecule has 4 N–H and O–H groups in total. The van der Waals surface area contributed by atoms with Gasteiger partial charge in [0.05, 0.1) is 31.0 Å². The minimum absolute atomic E-state index is 0.0583. The second-order valence-corrected chi connectivity index (χ2v) is 8.17. The number of amides is 1. The zero-order chi connectivity index (χ0) is 25.2. The average Bonchev–Trinajstić information content (AvgIpc) is 2.86. The van der Waals surface area contributed by atoms with Crippen molar-refractivity contribution in [1.82, 2.24) is 10.2 Å². The highest BCUT2D eigenvalue weighted by molar-refractivity contribution is 5.96. The van der Waals surface area contributed by atoms with E-state index >= 15 is 0 Å². The minimum atomic E-state index is -0.480. The van der Waals surface area contributed by atoms with Crippen LogP contribution in [0.25, 0.3) is 0 Å². The number of halogens is 1. The van der Waals surface area contributed by atoms with Gasteiger partial charge < -0.3 is 20.5 Å². The second kappa shape index (κ2) is 12.9. The van der Waals surface area contributed by atoms with Crippen molar-refractivity contribution in [3.63, 3.8) is 0 Å². The van der Waals surface area contributed by atoms with Crippen molar-refractivity contribution in [2.45, 2.75) is 32.7 Å². The van der Waals surface area contributed by atoms with Crippen LogP contribution < -0.4 is 16.5 Å². The maximum absolute atomic E-state index is 14.1. The van der Waals surface area contributed by atoms with Crippen molar-refractivity contribution < 1.29 is 23.5 Å². The molecule has 0 aromatic heterocycles. The van der Waals surface area contributed by atoms with Gasteiger partial charge in [-0.25, -0.2) is 4.39 Å². The smallest absolute Gasteiger partial charge is 0.253 e. The van der Waals surface area contributed by atoms with Crippen LogP contribution in [0, 0.1) is 5.82 Å². The van der Waals surface area contributed by atoms with Crippen LogP contribution >= 0.6 is 0 Å². The number of nitrogens with two attached hydrogens (primary N) is 1. The standard InChI is InChI=1S/C26H33FN4O4/c1-18-25(35-11-10-31(18)16-20-6-4-5-7-21(20)17-33-2)13-22(14-28)26(32)29-15-19-8-9-24(30-34-3)23(27)12-19/h4-9,12-14,18,30H,10-11,15-17,28H2,1-3H3,(H,29,32)/b22-14?,25-13+. The number of carbonyl (C=O) groups excluding carboxylic acids is 1. The number of hydrogen-bond acceptors (Lipinski definition) is 7. The predicted molar refractivity (Wildman–Crippen MR) is 132 cm³/mol. The van der Waals surface area contributed by atoms with Crippen LogP contribution in [-0.2, 0) is 38.8 Å². The molecule has 0 aliphatic carbocycles. The fourth-order valence-corrected chi connectivity index (χ4v) is 3.87. The van der Waals surface area contributed by atoms with Gasteiger partial charge in [0.2, 0.25) is 0 Å². The maximum Gasteiger partial charge on any atom is 0.253 e. The summed E-state index contributed by atoms with van der Waals surface area (Å²) in [6.45, 7) is 4.72. The third kappa shape index (κ3) is 7.05. The molecule has 1 atom stereocenters. The highest BCUT2D eigenvalue weighted by Gasteiger charge is 2.26. The number of carbonyl (C=O) groups is 1. The Labute approximate surface area is 205 Å². The van der Waals surface area contributed by atoms with Crippen molar-refractivity contribution in [3.05, 3.63) is 88.6 Å². The first kappa shape index (κ1) is 26.2. The Morgan fingerprint density at radius 3 is 2.71 bits per heavy atom. The first-order valence-corrected chi connectivity index (χ1v) is 11.4. The molecule has 8 nitrogen and oxygen atoms in total. The lowest BCUT2D eigenvalue weighted by Gasteiger charge is -2.36. The van der Waals surface area contributed by atoms with E-state index in [1.54, 1.807) is 25.3 Å². The Morgan fingerprint density at radius 1 is 1.26 bits per heavy atom. The molecule has 35 heavy (non-hydrogen) atoms. The lowest BCUT2D eigenvalue weighted by molar-refractivity contribution is -0.117. The number of nitrogens with one attached hydrogen (secondary N) is 2. The molecule has 1 heterocycles. The quantitative estimate of drug-likeness (QED) is 0.352. The molecule has 1 aliphatic heterocycles. The zero-order valence-corrected chi connectivity index (χ0v) is 20.3. The fraction of sp³-hybridized carbons (Fsp3) is 0.346. The maximum atomic E-state index is 14.1. The lowest BCUT2D eigenvalue weighted by Crippen LogP contribution is -2.42. The summed E-state index contributed by atoms with van der Waals surface area (Å²) >= 11 is 0. The molecule has 0 saturated carbocycles. The Bertz CT molecular complexity index is 1070. The molecule has 1 fully saturated rings. The van der Waals surface area contributed by atoms with E-state index in [4.69, 9.17) is 20.0 Å². The third-order valence-electron chi connectivity index (χ3n) is 5.84. The molecule has 3 rings (SSSR count). The van der Waals surface area contributed by atoms with E-state index in [2.05, 4.69) is 27.8 Å². The normalized spacial score (nSPS) is 17.8. The second-order valence-electron chi connectivity index (χ2n) is 8.17. The van der Waals surface area contributed by atoms with E-state index in [0.717, 1.165) is 18.7 Å². The minimum Gasteiger partial charge on any atom is -0.495 e. The molecule has 0 bridgehead atoms. The molecule has 1 amide bonds. The van der Waals surface area contributed by atoms with E-state index < -0.39 is 5.82 Å².